The van der Waals surface area contributed by atoms with Gasteiger partial charge in [0.2, 0.25) is 0 Å². The topological polar surface area (TPSA) is 210 Å². The number of aliphatic hydroxyl groups excluding tert-OH is 5. The highest BCUT2D eigenvalue weighted by atomic mass is 16.3. The van der Waals surface area contributed by atoms with Gasteiger partial charge in [-0.3, -0.25) is 19.2 Å². The van der Waals surface area contributed by atoms with Gasteiger partial charge in [0, 0.05) is 30.6 Å². The normalized spacial score (nSPS) is 48.5. The van der Waals surface area contributed by atoms with E-state index in [0.29, 0.717) is 93.3 Å². The fourth-order valence-electron chi connectivity index (χ4n) is 31.3. The van der Waals surface area contributed by atoms with Crippen LogP contribution in [0.15, 0.2) is 71.3 Å². The number of carbonyl (C=O) groups is 4. The van der Waals surface area contributed by atoms with Crippen LogP contribution in [-0.4, -0.2) is 89.4 Å². The number of carbonyl (C=O) groups excluding carboxylic acids is 4. The second-order valence-electron chi connectivity index (χ2n) is 41.5. The molecular formula is C95H134O11. The first-order chi connectivity index (χ1) is 50.4. The van der Waals surface area contributed by atoms with E-state index in [1.54, 1.807) is 13.0 Å². The van der Waals surface area contributed by atoms with Crippen molar-refractivity contribution in [2.45, 2.75) is 329 Å². The van der Waals surface area contributed by atoms with Crippen molar-refractivity contribution >= 4 is 23.1 Å². The van der Waals surface area contributed by atoms with Crippen molar-refractivity contribution in [2.75, 3.05) is 0 Å². The number of Topliss-reactive ketones (excluding diaryl/α,β-unsaturated/α-hetero) is 2. The van der Waals surface area contributed by atoms with E-state index in [9.17, 15) is 54.9 Å². The SMILES string of the molecule is CC(=O)[C@H]1CC[C@H]2[C@@H]3CCC4=CC(=O)CC[C@]4(C)[C@H]3CC[C@]12C.C[C@]12CC[C@@H]3c4ccc(O)cc4CC[C@H]3[C@@H]1CC[C@@H]2O.C[C@]12CC[C@@H]3c4ccc(O)cc4CC[C@H]3[C@@H]1C[C@@H](O)[C@@H]2O.C[C@]12CC[C@H](O)CC1=CC[C@@H]1[C@@H]2CC[C@]2(C)C(=O)CC[C@@H]12.C[C@]12CC[C@H]3[C@@H](CCC4=CC(=O)CC[C@@]43C)[C@@H]1CC[C@@H]2O. The van der Waals surface area contributed by atoms with Crippen molar-refractivity contribution in [3.63, 3.8) is 0 Å². The van der Waals surface area contributed by atoms with Crippen molar-refractivity contribution in [3.8, 4) is 11.5 Å². The predicted octanol–water partition coefficient (Wildman–Crippen LogP) is 18.7. The van der Waals surface area contributed by atoms with Crippen LogP contribution in [0.25, 0.3) is 0 Å². The molecule has 0 spiro atoms. The fraction of sp³-hybridized carbons (Fsp3) is 0.768. The van der Waals surface area contributed by atoms with Crippen LogP contribution in [0.2, 0.25) is 0 Å². The Bertz CT molecular complexity index is 3840. The molecule has 20 rings (SSSR count). The number of ketones is 4. The second kappa shape index (κ2) is 27.8. The van der Waals surface area contributed by atoms with E-state index in [1.807, 2.05) is 30.4 Å². The van der Waals surface area contributed by atoms with Crippen molar-refractivity contribution in [1.29, 1.82) is 0 Å². The number of aliphatic hydroxyl groups is 5. The summed E-state index contributed by atoms with van der Waals surface area (Å²) in [6, 6.07) is 11.8. The molecule has 11 nitrogen and oxygen atoms in total. The Morgan fingerprint density at radius 1 is 0.396 bits per heavy atom. The third kappa shape index (κ3) is 12.2. The molecule has 0 bridgehead atoms. The summed E-state index contributed by atoms with van der Waals surface area (Å²) in [4.78, 5) is 48.2. The highest BCUT2D eigenvalue weighted by Crippen LogP contribution is 2.70. The number of benzene rings is 2. The van der Waals surface area contributed by atoms with Gasteiger partial charge in [-0.05, 0) is 398 Å². The lowest BCUT2D eigenvalue weighted by Gasteiger charge is -2.58. The number of aryl methyl sites for hydroxylation is 2. The maximum absolute atomic E-state index is 12.4. The van der Waals surface area contributed by atoms with Crippen molar-refractivity contribution in [1.82, 2.24) is 0 Å². The largest absolute Gasteiger partial charge is 0.508 e. The summed E-state index contributed by atoms with van der Waals surface area (Å²) in [6.07, 6.45) is 42.9. The minimum absolute atomic E-state index is 0.0168. The van der Waals surface area contributed by atoms with Gasteiger partial charge < -0.3 is 35.7 Å². The molecule has 0 aromatic heterocycles. The second-order valence-corrected chi connectivity index (χ2v) is 41.5. The third-order valence-corrected chi connectivity index (χ3v) is 37.5. The summed E-state index contributed by atoms with van der Waals surface area (Å²) >= 11 is 0. The van der Waals surface area contributed by atoms with Gasteiger partial charge in [-0.15, -0.1) is 0 Å². The molecule has 11 heteroatoms. The number of hydrogen-bond acceptors (Lipinski definition) is 11. The van der Waals surface area contributed by atoms with E-state index >= 15 is 0 Å². The summed E-state index contributed by atoms with van der Waals surface area (Å²) in [5.74, 6) is 12.8. The summed E-state index contributed by atoms with van der Waals surface area (Å²) in [5.41, 5.74) is 11.2. The lowest BCUT2D eigenvalue weighted by molar-refractivity contribution is -0.132. The lowest BCUT2D eigenvalue weighted by Crippen LogP contribution is -2.51. The van der Waals surface area contributed by atoms with Crippen LogP contribution in [-0.2, 0) is 32.0 Å². The fourth-order valence-corrected chi connectivity index (χ4v) is 31.3. The number of hydrogen-bond donors (Lipinski definition) is 7. The Hall–Kier alpha value is -4.26. The minimum Gasteiger partial charge on any atom is -0.508 e. The molecule has 29 atom stereocenters. The summed E-state index contributed by atoms with van der Waals surface area (Å²) < 4.78 is 0. The van der Waals surface area contributed by atoms with E-state index < -0.39 is 12.2 Å². The molecule has 106 heavy (non-hydrogen) atoms. The molecule has 13 fully saturated rings. The monoisotopic (exact) mass is 1450 g/mol. The van der Waals surface area contributed by atoms with Gasteiger partial charge in [0.05, 0.1) is 30.5 Å². The van der Waals surface area contributed by atoms with E-state index in [0.717, 1.165) is 189 Å². The van der Waals surface area contributed by atoms with Gasteiger partial charge in [0.1, 0.15) is 23.1 Å². The number of phenols is 2. The maximum atomic E-state index is 12.4. The van der Waals surface area contributed by atoms with Crippen LogP contribution in [0, 0.1) is 126 Å². The van der Waals surface area contributed by atoms with Crippen LogP contribution >= 0.6 is 0 Å². The number of allylic oxidation sites excluding steroid dienone is 3. The Morgan fingerprint density at radius 2 is 0.849 bits per heavy atom. The van der Waals surface area contributed by atoms with Crippen LogP contribution in [0.3, 0.4) is 0 Å². The lowest BCUT2D eigenvalue weighted by atomic mass is 9.47. The Labute approximate surface area is 635 Å². The first-order valence-corrected chi connectivity index (χ1v) is 43.6. The summed E-state index contributed by atoms with van der Waals surface area (Å²) in [7, 11) is 0. The smallest absolute Gasteiger partial charge is 0.155 e. The molecule has 0 radical (unpaired) electrons. The zero-order valence-corrected chi connectivity index (χ0v) is 66.3. The molecule has 0 saturated heterocycles. The van der Waals surface area contributed by atoms with Crippen molar-refractivity contribution < 1.29 is 54.9 Å². The third-order valence-electron chi connectivity index (χ3n) is 37.5. The molecule has 2 aromatic carbocycles. The zero-order valence-electron chi connectivity index (χ0n) is 66.3. The molecule has 0 heterocycles. The highest BCUT2D eigenvalue weighted by Gasteiger charge is 2.64. The van der Waals surface area contributed by atoms with Crippen molar-refractivity contribution in [3.05, 3.63) is 93.6 Å². The molecule has 7 N–H and O–H groups in total. The standard InChI is InChI=1S/C21H30O2.2C19H28O2.C18H24O3.C18H24O2/c1-13(22)17-6-7-18-16-5-4-14-12-15(23)8-10-20(14,2)19(16)9-11-21(17,18)3;2*1-18-9-7-13(20)11-12(18)3-4-14-15-5-6-17(21)19(15,2)10-8-16(14)18;1-18-7-6-13-12-5-3-11(19)8-10(12)2-4-14(13)15(18)9-16(20)17(18)21;1-18-9-8-14-13-5-3-12(19)10-11(13)2-4-15(14)16(18)6-7-17(18)20/h12,16-19H,4-11H2,1-3H3;11,14-17,21H,3-10H2,1-2H3;3,13-16,20H,4-11H2,1-2H3;3,5,8,13-17,19-21H,2,4,6-7,9H2,1H3;3,5,10,14-17,19-20H,2,4,6-9H2,1H3/t16-,17+,18-,19-,20-,21+;14-,15-,16-,17-,18-,19-;13-,14-,15-,16-,18-,19-;13-,14-,15+,16-,17+,18+;14-,15-,16+,17+,18+/m00011/s1. The quantitative estimate of drug-likeness (QED) is 0.134. The first kappa shape index (κ1) is 75.8. The number of aromatic hydroxyl groups is 2. The maximum Gasteiger partial charge on any atom is 0.155 e. The van der Waals surface area contributed by atoms with E-state index in [2.05, 4.69) is 73.6 Å². The van der Waals surface area contributed by atoms with E-state index in [-0.39, 0.29) is 56.2 Å². The molecular weight excluding hydrogens is 1320 g/mol. The Morgan fingerprint density at radius 3 is 1.42 bits per heavy atom. The van der Waals surface area contributed by atoms with E-state index in [4.69, 9.17) is 0 Å². The Balaban J connectivity index is 0.000000102. The summed E-state index contributed by atoms with van der Waals surface area (Å²) in [5, 5.41) is 70.7. The molecule has 0 unspecified atom stereocenters. The summed E-state index contributed by atoms with van der Waals surface area (Å²) in [6.45, 7) is 20.6. The zero-order chi connectivity index (χ0) is 74.7. The molecule has 18 aliphatic rings. The molecule has 2 aromatic rings. The molecule has 18 aliphatic carbocycles. The van der Waals surface area contributed by atoms with Crippen LogP contribution in [0.1, 0.15) is 308 Å². The first-order valence-electron chi connectivity index (χ1n) is 43.6. The van der Waals surface area contributed by atoms with Gasteiger partial charge in [-0.1, -0.05) is 90.3 Å². The van der Waals surface area contributed by atoms with Gasteiger partial charge in [-0.25, -0.2) is 0 Å². The van der Waals surface area contributed by atoms with E-state index in [1.165, 1.54) is 116 Å². The van der Waals surface area contributed by atoms with Gasteiger partial charge in [0.25, 0.3) is 0 Å². The minimum atomic E-state index is -0.565. The average molecular weight is 1450 g/mol. The number of rotatable bonds is 1. The van der Waals surface area contributed by atoms with Gasteiger partial charge in [0.15, 0.2) is 11.6 Å². The van der Waals surface area contributed by atoms with Crippen LogP contribution in [0.5, 0.6) is 11.5 Å². The van der Waals surface area contributed by atoms with Gasteiger partial charge in [-0.2, -0.15) is 0 Å². The number of phenolic OH excluding ortho intramolecular Hbond substituents is 2. The van der Waals surface area contributed by atoms with Crippen LogP contribution in [0.4, 0.5) is 0 Å². The van der Waals surface area contributed by atoms with Crippen LogP contribution < -0.4 is 0 Å². The number of fused-ring (bicyclic) bond motifs is 25. The molecule has 580 valence electrons. The molecule has 13 saturated carbocycles. The highest BCUT2D eigenvalue weighted by molar-refractivity contribution is 5.92. The van der Waals surface area contributed by atoms with Crippen molar-refractivity contribution in [2.24, 2.45) is 126 Å². The Kier molecular flexibility index (Phi) is 19.9. The molecule has 0 amide bonds. The average Bonchev–Trinajstić information content (AvgIpc) is 1.38. The molecule has 0 aliphatic heterocycles. The van der Waals surface area contributed by atoms with Gasteiger partial charge >= 0.3 is 0 Å². The predicted molar refractivity (Wildman–Crippen MR) is 415 cm³/mol.